The number of nitrogens with zero attached hydrogens (tertiary/aromatic N) is 3. The summed E-state index contributed by atoms with van der Waals surface area (Å²) in [6.45, 7) is 2.74. The first-order valence-corrected chi connectivity index (χ1v) is 7.22. The monoisotopic (exact) mass is 286 g/mol. The number of amides is 1. The Morgan fingerprint density at radius 3 is 3.10 bits per heavy atom. The fourth-order valence-corrected chi connectivity index (χ4v) is 2.66. The van der Waals surface area contributed by atoms with Gasteiger partial charge in [0.05, 0.1) is 0 Å². The van der Waals surface area contributed by atoms with Gasteiger partial charge in [-0.05, 0) is 24.6 Å². The van der Waals surface area contributed by atoms with Crippen molar-refractivity contribution in [2.75, 3.05) is 5.32 Å². The lowest BCUT2D eigenvalue weighted by Crippen LogP contribution is -2.14. The molecule has 0 aliphatic rings. The first-order valence-electron chi connectivity index (χ1n) is 6.34. The molecular weight excluding hydrogens is 272 g/mol. The van der Waals surface area contributed by atoms with E-state index in [0.29, 0.717) is 18.1 Å². The normalized spacial score (nSPS) is 10.8. The van der Waals surface area contributed by atoms with Crippen LogP contribution in [-0.2, 0) is 11.3 Å². The van der Waals surface area contributed by atoms with Gasteiger partial charge >= 0.3 is 0 Å². The van der Waals surface area contributed by atoms with E-state index in [1.807, 2.05) is 12.3 Å². The predicted molar refractivity (Wildman–Crippen MR) is 79.8 cm³/mol. The highest BCUT2D eigenvalue weighted by molar-refractivity contribution is 7.13. The van der Waals surface area contributed by atoms with Crippen molar-refractivity contribution in [2.45, 2.75) is 19.9 Å². The van der Waals surface area contributed by atoms with Gasteiger partial charge in [0.2, 0.25) is 11.0 Å². The zero-order chi connectivity index (χ0) is 13.9. The molecule has 3 rings (SSSR count). The van der Waals surface area contributed by atoms with E-state index >= 15 is 0 Å². The van der Waals surface area contributed by atoms with Crippen molar-refractivity contribution >= 4 is 33.3 Å². The molecule has 0 bridgehead atoms. The minimum Gasteiger partial charge on any atom is -0.347 e. The zero-order valence-electron chi connectivity index (χ0n) is 11.0. The lowest BCUT2D eigenvalue weighted by atomic mass is 10.1. The smallest absolute Gasteiger partial charge is 0.227 e. The molecule has 5 nitrogen and oxygen atoms in total. The lowest BCUT2D eigenvalue weighted by molar-refractivity contribution is -0.116. The van der Waals surface area contributed by atoms with Gasteiger partial charge in [-0.3, -0.25) is 4.79 Å². The quantitative estimate of drug-likeness (QED) is 0.802. The average Bonchev–Trinajstić information content (AvgIpc) is 3.06. The fraction of sp³-hybridized carbons (Fsp3) is 0.214. The summed E-state index contributed by atoms with van der Waals surface area (Å²) in [6.07, 6.45) is 2.44. The summed E-state index contributed by atoms with van der Waals surface area (Å²) < 4.78 is 2.10. The number of carbonyl (C=O) groups is 1. The summed E-state index contributed by atoms with van der Waals surface area (Å²) in [4.78, 5) is 11.8. The van der Waals surface area contributed by atoms with Gasteiger partial charge in [-0.25, -0.2) is 0 Å². The van der Waals surface area contributed by atoms with E-state index in [1.165, 1.54) is 22.3 Å². The molecule has 0 spiro atoms. The summed E-state index contributed by atoms with van der Waals surface area (Å²) >= 11 is 1.32. The van der Waals surface area contributed by atoms with Crippen LogP contribution in [0.15, 0.2) is 36.0 Å². The van der Waals surface area contributed by atoms with Crippen LogP contribution in [-0.4, -0.2) is 20.7 Å². The molecule has 0 aliphatic heterocycles. The summed E-state index contributed by atoms with van der Waals surface area (Å²) in [5.41, 5.74) is 4.01. The summed E-state index contributed by atoms with van der Waals surface area (Å²) in [5, 5.41) is 12.0. The number of aromatic nitrogens is 3. The molecule has 0 radical (unpaired) electrons. The first kappa shape index (κ1) is 12.8. The van der Waals surface area contributed by atoms with E-state index in [0.717, 1.165) is 5.52 Å². The molecular formula is C14H14N4OS. The van der Waals surface area contributed by atoms with Crippen LogP contribution in [0.5, 0.6) is 0 Å². The zero-order valence-corrected chi connectivity index (χ0v) is 11.9. The van der Waals surface area contributed by atoms with Crippen LogP contribution >= 0.6 is 11.3 Å². The number of rotatable bonds is 4. The van der Waals surface area contributed by atoms with Crippen LogP contribution in [0.3, 0.4) is 0 Å². The molecule has 0 saturated carbocycles. The topological polar surface area (TPSA) is 59.8 Å². The van der Waals surface area contributed by atoms with Gasteiger partial charge in [0, 0.05) is 30.1 Å². The van der Waals surface area contributed by atoms with Crippen LogP contribution in [0, 0.1) is 6.92 Å². The number of carbonyl (C=O) groups excluding carboxylic acids is 1. The highest BCUT2D eigenvalue weighted by Gasteiger charge is 2.07. The Bertz CT molecular complexity index is 733. The van der Waals surface area contributed by atoms with Crippen LogP contribution < -0.4 is 5.32 Å². The van der Waals surface area contributed by atoms with Gasteiger partial charge < -0.3 is 9.88 Å². The number of fused-ring (bicyclic) bond motifs is 1. The number of benzene rings is 1. The molecule has 6 heteroatoms. The van der Waals surface area contributed by atoms with Crippen molar-refractivity contribution in [2.24, 2.45) is 0 Å². The van der Waals surface area contributed by atoms with Crippen molar-refractivity contribution in [1.29, 1.82) is 0 Å². The molecule has 1 amide bonds. The van der Waals surface area contributed by atoms with Crippen LogP contribution in [0.25, 0.3) is 10.9 Å². The average molecular weight is 286 g/mol. The van der Waals surface area contributed by atoms with E-state index in [4.69, 9.17) is 0 Å². The summed E-state index contributed by atoms with van der Waals surface area (Å²) in [5.74, 6) is -0.0451. The molecule has 0 saturated heterocycles. The molecule has 0 unspecified atom stereocenters. The van der Waals surface area contributed by atoms with Gasteiger partial charge in [0.15, 0.2) is 0 Å². The number of hydrogen-bond donors (Lipinski definition) is 1. The Labute approximate surface area is 120 Å². The molecule has 3 aromatic rings. The Kier molecular flexibility index (Phi) is 3.47. The van der Waals surface area contributed by atoms with Gasteiger partial charge in [0.25, 0.3) is 0 Å². The third-order valence-corrected chi connectivity index (χ3v) is 3.82. The third kappa shape index (κ3) is 2.55. The standard InChI is InChI=1S/C14H14N4OS/c1-10-3-2-4-12-11(10)5-7-18(12)8-6-13(19)16-14-17-15-9-20-14/h2-5,7,9H,6,8H2,1H3,(H,16,17,19). The highest BCUT2D eigenvalue weighted by Crippen LogP contribution is 2.19. The van der Waals surface area contributed by atoms with E-state index in [2.05, 4.69) is 45.2 Å². The van der Waals surface area contributed by atoms with Gasteiger partial charge in [-0.2, -0.15) is 0 Å². The maximum Gasteiger partial charge on any atom is 0.227 e. The second-order valence-electron chi connectivity index (χ2n) is 4.56. The Hall–Kier alpha value is -2.21. The van der Waals surface area contributed by atoms with Crippen LogP contribution in [0.4, 0.5) is 5.13 Å². The molecule has 2 aromatic heterocycles. The molecule has 2 heterocycles. The number of aryl methyl sites for hydroxylation is 2. The highest BCUT2D eigenvalue weighted by atomic mass is 32.1. The largest absolute Gasteiger partial charge is 0.347 e. The van der Waals surface area contributed by atoms with Crippen molar-refractivity contribution in [1.82, 2.24) is 14.8 Å². The van der Waals surface area contributed by atoms with Crippen molar-refractivity contribution in [3.05, 3.63) is 41.5 Å². The number of nitrogens with one attached hydrogen (secondary N) is 1. The molecule has 20 heavy (non-hydrogen) atoms. The van der Waals surface area contributed by atoms with E-state index < -0.39 is 0 Å². The summed E-state index contributed by atoms with van der Waals surface area (Å²) in [7, 11) is 0. The molecule has 0 fully saturated rings. The maximum absolute atomic E-state index is 11.8. The van der Waals surface area contributed by atoms with E-state index in [-0.39, 0.29) is 5.91 Å². The van der Waals surface area contributed by atoms with E-state index in [1.54, 1.807) is 5.51 Å². The number of hydrogen-bond acceptors (Lipinski definition) is 4. The Morgan fingerprint density at radius 2 is 2.30 bits per heavy atom. The van der Waals surface area contributed by atoms with Crippen molar-refractivity contribution < 1.29 is 4.79 Å². The summed E-state index contributed by atoms with van der Waals surface area (Å²) in [6, 6.07) is 8.29. The Morgan fingerprint density at radius 1 is 1.40 bits per heavy atom. The lowest BCUT2D eigenvalue weighted by Gasteiger charge is -2.05. The molecule has 1 aromatic carbocycles. The predicted octanol–water partition coefficient (Wildman–Crippen LogP) is 2.83. The maximum atomic E-state index is 11.8. The molecule has 0 atom stereocenters. The van der Waals surface area contributed by atoms with Crippen LogP contribution in [0.1, 0.15) is 12.0 Å². The van der Waals surface area contributed by atoms with Gasteiger partial charge in [-0.1, -0.05) is 23.5 Å². The fourth-order valence-electron chi connectivity index (χ4n) is 2.20. The van der Waals surface area contributed by atoms with Gasteiger partial charge in [-0.15, -0.1) is 10.2 Å². The van der Waals surface area contributed by atoms with Crippen LogP contribution in [0.2, 0.25) is 0 Å². The number of anilines is 1. The molecule has 1 N–H and O–H groups in total. The minimum atomic E-state index is -0.0451. The van der Waals surface area contributed by atoms with E-state index in [9.17, 15) is 4.79 Å². The first-order chi connectivity index (χ1) is 9.74. The Balaban J connectivity index is 1.68. The SMILES string of the molecule is Cc1cccc2c1ccn2CCC(=O)Nc1nncs1. The second-order valence-corrected chi connectivity index (χ2v) is 5.39. The van der Waals surface area contributed by atoms with Gasteiger partial charge in [0.1, 0.15) is 5.51 Å². The van der Waals surface area contributed by atoms with Crippen molar-refractivity contribution in [3.63, 3.8) is 0 Å². The molecule has 102 valence electrons. The van der Waals surface area contributed by atoms with Crippen molar-refractivity contribution in [3.8, 4) is 0 Å². The molecule has 0 aliphatic carbocycles. The second kappa shape index (κ2) is 5.42. The third-order valence-electron chi connectivity index (χ3n) is 3.22. The minimum absolute atomic E-state index is 0.0451.